The molecule has 4 heterocycles. The molecule has 0 aromatic carbocycles. The van der Waals surface area contributed by atoms with Gasteiger partial charge in [-0.15, -0.1) is 11.3 Å². The molecule has 2 aromatic heterocycles. The highest BCUT2D eigenvalue weighted by Gasteiger charge is 2.27. The Morgan fingerprint density at radius 3 is 2.24 bits per heavy atom. The SMILES string of the molecule is Cc1ccc(C)n1-c1sccc1C(=O)N1CCN(CC(=O)N2CCOCC2)CC1. The Labute approximate surface area is 175 Å². The highest BCUT2D eigenvalue weighted by molar-refractivity contribution is 7.13. The molecule has 29 heavy (non-hydrogen) atoms. The second-order valence-electron chi connectivity index (χ2n) is 7.65. The van der Waals surface area contributed by atoms with Crippen LogP contribution in [0, 0.1) is 13.8 Å². The van der Waals surface area contributed by atoms with Crippen molar-refractivity contribution in [3.05, 3.63) is 40.5 Å². The van der Waals surface area contributed by atoms with Crippen LogP contribution in [0.3, 0.4) is 0 Å². The molecule has 0 spiro atoms. The van der Waals surface area contributed by atoms with E-state index in [9.17, 15) is 9.59 Å². The van der Waals surface area contributed by atoms with E-state index >= 15 is 0 Å². The van der Waals surface area contributed by atoms with Gasteiger partial charge in [0.2, 0.25) is 5.91 Å². The zero-order valence-corrected chi connectivity index (χ0v) is 17.9. The van der Waals surface area contributed by atoms with Gasteiger partial charge in [0.15, 0.2) is 0 Å². The van der Waals surface area contributed by atoms with Crippen molar-refractivity contribution in [1.82, 2.24) is 19.3 Å². The van der Waals surface area contributed by atoms with Crippen molar-refractivity contribution < 1.29 is 14.3 Å². The number of thiophene rings is 1. The summed E-state index contributed by atoms with van der Waals surface area (Å²) in [5.74, 6) is 0.236. The molecule has 0 unspecified atom stereocenters. The number of rotatable bonds is 4. The molecule has 0 atom stereocenters. The first-order chi connectivity index (χ1) is 14.0. The fourth-order valence-corrected chi connectivity index (χ4v) is 5.02. The summed E-state index contributed by atoms with van der Waals surface area (Å²) in [6, 6.07) is 6.08. The molecule has 2 aliphatic heterocycles. The minimum absolute atomic E-state index is 0.0768. The van der Waals surface area contributed by atoms with Gasteiger partial charge in [-0.3, -0.25) is 14.5 Å². The standard InChI is InChI=1S/C21H28N4O3S/c1-16-3-4-17(2)25(16)21-18(5-14-29-21)20(27)24-8-6-22(7-9-24)15-19(26)23-10-12-28-13-11-23/h3-5,14H,6-13,15H2,1-2H3. The van der Waals surface area contributed by atoms with Crippen molar-refractivity contribution in [3.63, 3.8) is 0 Å². The van der Waals surface area contributed by atoms with E-state index in [4.69, 9.17) is 4.74 Å². The minimum Gasteiger partial charge on any atom is -0.378 e. The molecule has 8 heteroatoms. The molecule has 2 amide bonds. The number of hydrogen-bond acceptors (Lipinski definition) is 5. The fourth-order valence-electron chi connectivity index (χ4n) is 4.01. The first-order valence-corrected chi connectivity index (χ1v) is 11.0. The molecule has 2 aromatic rings. The zero-order valence-electron chi connectivity index (χ0n) is 17.1. The van der Waals surface area contributed by atoms with Gasteiger partial charge in [-0.25, -0.2) is 0 Å². The number of hydrogen-bond donors (Lipinski definition) is 0. The molecule has 0 aliphatic carbocycles. The number of piperazine rings is 1. The summed E-state index contributed by atoms with van der Waals surface area (Å²) in [5.41, 5.74) is 3.02. The molecule has 0 N–H and O–H groups in total. The molecule has 2 aliphatic rings. The fraction of sp³-hybridized carbons (Fsp3) is 0.524. The lowest BCUT2D eigenvalue weighted by molar-refractivity contribution is -0.136. The van der Waals surface area contributed by atoms with Crippen molar-refractivity contribution in [1.29, 1.82) is 0 Å². The summed E-state index contributed by atoms with van der Waals surface area (Å²) in [7, 11) is 0. The molecular weight excluding hydrogens is 388 g/mol. The summed E-state index contributed by atoms with van der Waals surface area (Å²) in [6.45, 7) is 9.89. The van der Waals surface area contributed by atoms with Crippen LogP contribution < -0.4 is 0 Å². The van der Waals surface area contributed by atoms with Crippen LogP contribution >= 0.6 is 11.3 Å². The number of aromatic nitrogens is 1. The van der Waals surface area contributed by atoms with Crippen LogP contribution in [-0.4, -0.2) is 90.1 Å². The summed E-state index contributed by atoms with van der Waals surface area (Å²) in [6.07, 6.45) is 0. The third kappa shape index (κ3) is 4.24. The van der Waals surface area contributed by atoms with E-state index in [0.29, 0.717) is 45.9 Å². The van der Waals surface area contributed by atoms with Crippen molar-refractivity contribution in [2.75, 3.05) is 59.0 Å². The zero-order chi connectivity index (χ0) is 20.4. The number of ether oxygens (including phenoxy) is 1. The Kier molecular flexibility index (Phi) is 6.03. The average Bonchev–Trinajstić information content (AvgIpc) is 3.34. The lowest BCUT2D eigenvalue weighted by atomic mass is 10.2. The number of carbonyl (C=O) groups excluding carboxylic acids is 2. The first-order valence-electron chi connectivity index (χ1n) is 10.1. The summed E-state index contributed by atoms with van der Waals surface area (Å²) < 4.78 is 7.46. The highest BCUT2D eigenvalue weighted by Crippen LogP contribution is 2.27. The molecule has 2 fully saturated rings. The molecular formula is C21H28N4O3S. The van der Waals surface area contributed by atoms with Crippen molar-refractivity contribution in [3.8, 4) is 5.00 Å². The van der Waals surface area contributed by atoms with Gasteiger partial charge in [-0.05, 0) is 37.4 Å². The molecule has 2 saturated heterocycles. The third-order valence-corrected chi connectivity index (χ3v) is 6.63. The summed E-state index contributed by atoms with van der Waals surface area (Å²) in [4.78, 5) is 31.6. The number of aryl methyl sites for hydroxylation is 2. The van der Waals surface area contributed by atoms with E-state index in [1.54, 1.807) is 11.3 Å². The maximum absolute atomic E-state index is 13.2. The average molecular weight is 417 g/mol. The second-order valence-corrected chi connectivity index (χ2v) is 8.55. The molecule has 156 valence electrons. The van der Waals surface area contributed by atoms with Crippen molar-refractivity contribution in [2.24, 2.45) is 0 Å². The topological polar surface area (TPSA) is 58.0 Å². The van der Waals surface area contributed by atoms with Crippen LogP contribution in [0.25, 0.3) is 5.00 Å². The molecule has 7 nitrogen and oxygen atoms in total. The molecule has 4 rings (SSSR count). The molecule has 0 saturated carbocycles. The van der Waals surface area contributed by atoms with Crippen LogP contribution in [0.5, 0.6) is 0 Å². The van der Waals surface area contributed by atoms with Gasteiger partial charge in [0.05, 0.1) is 25.3 Å². The van der Waals surface area contributed by atoms with E-state index in [0.717, 1.165) is 35.0 Å². The molecule has 0 bridgehead atoms. The smallest absolute Gasteiger partial charge is 0.256 e. The van der Waals surface area contributed by atoms with Crippen LogP contribution in [0.15, 0.2) is 23.6 Å². The van der Waals surface area contributed by atoms with Crippen molar-refractivity contribution in [2.45, 2.75) is 13.8 Å². The number of carbonyl (C=O) groups is 2. The van der Waals surface area contributed by atoms with Gasteiger partial charge >= 0.3 is 0 Å². The highest BCUT2D eigenvalue weighted by atomic mass is 32.1. The second kappa shape index (κ2) is 8.69. The predicted octanol–water partition coefficient (Wildman–Crippen LogP) is 1.77. The van der Waals surface area contributed by atoms with Gasteiger partial charge in [0.25, 0.3) is 5.91 Å². The van der Waals surface area contributed by atoms with Gasteiger partial charge in [-0.1, -0.05) is 0 Å². The largest absolute Gasteiger partial charge is 0.378 e. The van der Waals surface area contributed by atoms with Crippen LogP contribution in [-0.2, 0) is 9.53 Å². The van der Waals surface area contributed by atoms with Crippen LogP contribution in [0.4, 0.5) is 0 Å². The van der Waals surface area contributed by atoms with Gasteiger partial charge in [0.1, 0.15) is 5.00 Å². The van der Waals surface area contributed by atoms with Gasteiger partial charge in [0, 0.05) is 50.7 Å². The minimum atomic E-state index is 0.0768. The maximum atomic E-state index is 13.2. The normalized spacial score (nSPS) is 18.3. The Morgan fingerprint density at radius 1 is 0.931 bits per heavy atom. The lowest BCUT2D eigenvalue weighted by Gasteiger charge is -2.36. The number of amides is 2. The molecule has 0 radical (unpaired) electrons. The van der Waals surface area contributed by atoms with Gasteiger partial charge < -0.3 is 19.1 Å². The van der Waals surface area contributed by atoms with Crippen molar-refractivity contribution >= 4 is 23.2 Å². The predicted molar refractivity (Wildman–Crippen MR) is 113 cm³/mol. The van der Waals surface area contributed by atoms with E-state index in [-0.39, 0.29) is 11.8 Å². The Morgan fingerprint density at radius 2 is 1.59 bits per heavy atom. The summed E-state index contributed by atoms with van der Waals surface area (Å²) >= 11 is 1.60. The third-order valence-electron chi connectivity index (χ3n) is 5.73. The maximum Gasteiger partial charge on any atom is 0.256 e. The Bertz CT molecular complexity index is 857. The van der Waals surface area contributed by atoms with E-state index < -0.39 is 0 Å². The van der Waals surface area contributed by atoms with E-state index in [1.165, 1.54) is 0 Å². The lowest BCUT2D eigenvalue weighted by Crippen LogP contribution is -2.52. The quantitative estimate of drug-likeness (QED) is 0.762. The van der Waals surface area contributed by atoms with Crippen LogP contribution in [0.1, 0.15) is 21.7 Å². The van der Waals surface area contributed by atoms with Crippen LogP contribution in [0.2, 0.25) is 0 Å². The summed E-state index contributed by atoms with van der Waals surface area (Å²) in [5, 5.41) is 2.97. The Hall–Kier alpha value is -2.16. The Balaban J connectivity index is 1.37. The van der Waals surface area contributed by atoms with Gasteiger partial charge in [-0.2, -0.15) is 0 Å². The first kappa shape index (κ1) is 20.1. The number of nitrogens with zero attached hydrogens (tertiary/aromatic N) is 4. The van der Waals surface area contributed by atoms with E-state index in [2.05, 4.69) is 35.4 Å². The van der Waals surface area contributed by atoms with E-state index in [1.807, 2.05) is 21.2 Å². The number of morpholine rings is 1. The monoisotopic (exact) mass is 416 g/mol.